The van der Waals surface area contributed by atoms with Gasteiger partial charge in [-0.05, 0) is 53.8 Å². The Morgan fingerprint density at radius 2 is 1.83 bits per heavy atom. The van der Waals surface area contributed by atoms with Crippen LogP contribution in [0.2, 0.25) is 0 Å². The molecule has 3 aromatic carbocycles. The summed E-state index contributed by atoms with van der Waals surface area (Å²) in [6.45, 7) is 0. The van der Waals surface area contributed by atoms with E-state index in [1.165, 1.54) is 28.0 Å². The predicted octanol–water partition coefficient (Wildman–Crippen LogP) is 4.81. The first-order valence-electron chi connectivity index (χ1n) is 12.0. The first-order chi connectivity index (χ1) is 17.7. The van der Waals surface area contributed by atoms with Gasteiger partial charge in [-0.3, -0.25) is 9.36 Å². The maximum atomic E-state index is 13.9. The van der Waals surface area contributed by atoms with Crippen molar-refractivity contribution in [1.29, 1.82) is 0 Å². The van der Waals surface area contributed by atoms with Crippen molar-refractivity contribution in [1.82, 2.24) is 9.55 Å². The normalized spacial score (nSPS) is 16.9. The number of aryl methyl sites for hydroxylation is 1. The molecule has 0 saturated carbocycles. The minimum atomic E-state index is -0.194. The molecular weight excluding hydrogens is 466 g/mol. The van der Waals surface area contributed by atoms with Crippen molar-refractivity contribution in [2.75, 3.05) is 7.11 Å². The van der Waals surface area contributed by atoms with Crippen LogP contribution in [0.3, 0.4) is 0 Å². The third kappa shape index (κ3) is 3.22. The van der Waals surface area contributed by atoms with E-state index in [0.29, 0.717) is 4.53 Å². The van der Waals surface area contributed by atoms with Crippen LogP contribution in [-0.2, 0) is 6.42 Å². The highest BCUT2D eigenvalue weighted by Gasteiger charge is 2.32. The largest absolute Gasteiger partial charge is 0.497 e. The van der Waals surface area contributed by atoms with Gasteiger partial charge < -0.3 is 9.72 Å². The number of allylic oxidation sites excluding steroid dienone is 1. The summed E-state index contributed by atoms with van der Waals surface area (Å²) in [5.41, 5.74) is 7.82. The smallest absolute Gasteiger partial charge is 0.271 e. The molecule has 2 aliphatic rings. The van der Waals surface area contributed by atoms with Gasteiger partial charge in [0.2, 0.25) is 0 Å². The van der Waals surface area contributed by atoms with Gasteiger partial charge >= 0.3 is 0 Å². The Morgan fingerprint density at radius 1 is 1.03 bits per heavy atom. The molecule has 5 aromatic rings. The van der Waals surface area contributed by atoms with Crippen LogP contribution in [0.1, 0.15) is 34.7 Å². The molecular formula is C30H23N3O2S. The number of rotatable bonds is 3. The molecule has 0 saturated heterocycles. The summed E-state index contributed by atoms with van der Waals surface area (Å²) in [7, 11) is 1.67. The molecule has 2 aromatic heterocycles. The average Bonchev–Trinajstić information content (AvgIpc) is 3.48. The number of benzene rings is 3. The number of hydrogen-bond donors (Lipinski definition) is 1. The van der Waals surface area contributed by atoms with Gasteiger partial charge in [0.15, 0.2) is 4.80 Å². The van der Waals surface area contributed by atoms with E-state index < -0.39 is 0 Å². The number of thiazole rings is 1. The van der Waals surface area contributed by atoms with Gasteiger partial charge in [-0.25, -0.2) is 4.99 Å². The van der Waals surface area contributed by atoms with Crippen LogP contribution in [-0.4, -0.2) is 16.7 Å². The van der Waals surface area contributed by atoms with Gasteiger partial charge in [0.1, 0.15) is 5.75 Å². The molecule has 5 nitrogen and oxygen atoms in total. The number of fused-ring (bicyclic) bond motifs is 4. The maximum absolute atomic E-state index is 13.9. The average molecular weight is 490 g/mol. The highest BCUT2D eigenvalue weighted by Crippen LogP contribution is 2.41. The summed E-state index contributed by atoms with van der Waals surface area (Å²) in [5.74, 6) is 0.800. The second-order valence-corrected chi connectivity index (χ2v) is 10.2. The molecule has 3 heterocycles. The summed E-state index contributed by atoms with van der Waals surface area (Å²) < 4.78 is 7.97. The second kappa shape index (κ2) is 8.21. The number of methoxy groups -OCH3 is 1. The molecule has 0 amide bonds. The molecule has 1 atom stereocenters. The zero-order valence-electron chi connectivity index (χ0n) is 19.7. The van der Waals surface area contributed by atoms with Gasteiger partial charge in [-0.1, -0.05) is 65.9 Å². The number of ether oxygens (including phenoxy) is 1. The number of nitrogens with zero attached hydrogens (tertiary/aromatic N) is 2. The Bertz CT molecular complexity index is 1850. The van der Waals surface area contributed by atoms with Gasteiger partial charge in [0, 0.05) is 28.2 Å². The number of aromatic amines is 1. The van der Waals surface area contributed by atoms with Crippen molar-refractivity contribution in [2.45, 2.75) is 18.9 Å². The molecule has 0 spiro atoms. The van der Waals surface area contributed by atoms with Crippen LogP contribution in [0, 0.1) is 0 Å². The van der Waals surface area contributed by atoms with Gasteiger partial charge in [0.05, 0.1) is 23.4 Å². The third-order valence-electron chi connectivity index (χ3n) is 7.21. The number of hydrogen-bond acceptors (Lipinski definition) is 4. The number of H-pyrrole nitrogens is 1. The molecule has 0 fully saturated rings. The second-order valence-electron chi connectivity index (χ2n) is 9.18. The summed E-state index contributed by atoms with van der Waals surface area (Å²) >= 11 is 1.46. The van der Waals surface area contributed by atoms with Crippen LogP contribution in [0.5, 0.6) is 5.75 Å². The topological polar surface area (TPSA) is 59.4 Å². The Labute approximate surface area is 211 Å². The highest BCUT2D eigenvalue weighted by molar-refractivity contribution is 7.07. The summed E-state index contributed by atoms with van der Waals surface area (Å²) in [6, 6.07) is 24.5. The molecule has 1 aliphatic heterocycles. The van der Waals surface area contributed by atoms with E-state index in [2.05, 4.69) is 47.4 Å². The SMILES string of the molecule is COc1ccc([C@H]2C3=C(N=c4sc(=Cc5c[nH]c6ccccc56)c(=O)n42)c2ccccc2CC3)cc1. The molecule has 0 radical (unpaired) electrons. The third-order valence-corrected chi connectivity index (χ3v) is 8.20. The summed E-state index contributed by atoms with van der Waals surface area (Å²) in [5, 5.41) is 1.10. The van der Waals surface area contributed by atoms with E-state index >= 15 is 0 Å². The van der Waals surface area contributed by atoms with E-state index in [4.69, 9.17) is 9.73 Å². The molecule has 6 heteroatoms. The zero-order valence-corrected chi connectivity index (χ0v) is 20.5. The van der Waals surface area contributed by atoms with Crippen LogP contribution >= 0.6 is 11.3 Å². The van der Waals surface area contributed by atoms with E-state index in [1.807, 2.05) is 47.2 Å². The maximum Gasteiger partial charge on any atom is 0.271 e. The minimum Gasteiger partial charge on any atom is -0.497 e. The van der Waals surface area contributed by atoms with Crippen LogP contribution in [0.25, 0.3) is 22.7 Å². The molecule has 36 heavy (non-hydrogen) atoms. The number of aromatic nitrogens is 2. The van der Waals surface area contributed by atoms with E-state index in [1.54, 1.807) is 7.11 Å². The standard InChI is InChI=1S/C30H23N3O2S/c1-35-21-13-10-19(11-14-21)28-24-15-12-18-6-2-3-8-23(18)27(24)32-30-33(28)29(34)26(36-30)16-20-17-31-25-9-5-4-7-22(20)25/h2-11,13-14,16-17,28,31H,12,15H2,1H3/t28-/m0/s1. The number of nitrogens with one attached hydrogen (secondary N) is 1. The van der Waals surface area contributed by atoms with Crippen LogP contribution in [0.4, 0.5) is 0 Å². The van der Waals surface area contributed by atoms with E-state index in [0.717, 1.165) is 51.1 Å². The molecule has 1 aliphatic carbocycles. The monoisotopic (exact) mass is 489 g/mol. The Kier molecular flexibility index (Phi) is 4.82. The van der Waals surface area contributed by atoms with Crippen molar-refractivity contribution in [3.05, 3.63) is 127 Å². The lowest BCUT2D eigenvalue weighted by Gasteiger charge is -2.30. The lowest BCUT2D eigenvalue weighted by molar-refractivity contribution is 0.414. The minimum absolute atomic E-state index is 0.00439. The predicted molar refractivity (Wildman–Crippen MR) is 144 cm³/mol. The first kappa shape index (κ1) is 21.1. The van der Waals surface area contributed by atoms with Gasteiger partial charge in [-0.15, -0.1) is 0 Å². The molecule has 7 rings (SSSR count). The Balaban J connectivity index is 1.48. The van der Waals surface area contributed by atoms with Crippen molar-refractivity contribution in [2.24, 2.45) is 4.99 Å². The first-order valence-corrected chi connectivity index (χ1v) is 12.9. The van der Waals surface area contributed by atoms with Gasteiger partial charge in [0.25, 0.3) is 5.56 Å². The molecule has 176 valence electrons. The fourth-order valence-electron chi connectivity index (χ4n) is 5.46. The highest BCUT2D eigenvalue weighted by atomic mass is 32.1. The van der Waals surface area contributed by atoms with Crippen molar-refractivity contribution >= 4 is 34.0 Å². The van der Waals surface area contributed by atoms with Crippen LogP contribution in [0.15, 0.2) is 94.4 Å². The quantitative estimate of drug-likeness (QED) is 0.396. The van der Waals surface area contributed by atoms with Gasteiger partial charge in [-0.2, -0.15) is 0 Å². The Hall–Kier alpha value is -4.16. The van der Waals surface area contributed by atoms with Crippen LogP contribution < -0.4 is 19.6 Å². The lowest BCUT2D eigenvalue weighted by Crippen LogP contribution is -2.38. The zero-order chi connectivity index (χ0) is 24.2. The fourth-order valence-corrected chi connectivity index (χ4v) is 6.46. The van der Waals surface area contributed by atoms with Crippen molar-refractivity contribution in [3.8, 4) is 5.75 Å². The molecule has 0 bridgehead atoms. The number of para-hydroxylation sites is 1. The summed E-state index contributed by atoms with van der Waals surface area (Å²) in [4.78, 5) is 23.1. The van der Waals surface area contributed by atoms with Crippen molar-refractivity contribution in [3.63, 3.8) is 0 Å². The van der Waals surface area contributed by atoms with E-state index in [-0.39, 0.29) is 11.6 Å². The lowest BCUT2D eigenvalue weighted by atomic mass is 9.83. The van der Waals surface area contributed by atoms with E-state index in [9.17, 15) is 4.79 Å². The summed E-state index contributed by atoms with van der Waals surface area (Å²) in [6.07, 6.45) is 5.77. The fraction of sp³-hybridized carbons (Fsp3) is 0.133. The molecule has 1 N–H and O–H groups in total. The Morgan fingerprint density at radius 3 is 2.69 bits per heavy atom. The molecule has 0 unspecified atom stereocenters. The van der Waals surface area contributed by atoms with Crippen molar-refractivity contribution < 1.29 is 4.74 Å².